The van der Waals surface area contributed by atoms with Crippen LogP contribution in [0.4, 0.5) is 0 Å². The number of nitrogens with two attached hydrogens (primary N) is 1. The first-order valence-electron chi connectivity index (χ1n) is 8.79. The molecule has 0 amide bonds. The second-order valence-electron chi connectivity index (χ2n) is 7.09. The van der Waals surface area contributed by atoms with Gasteiger partial charge in [-0.1, -0.05) is 63.3 Å². The van der Waals surface area contributed by atoms with Gasteiger partial charge in [0.2, 0.25) is 0 Å². The van der Waals surface area contributed by atoms with Crippen LogP contribution in [0.1, 0.15) is 61.3 Å². The average Bonchev–Trinajstić information content (AvgIpc) is 2.42. The van der Waals surface area contributed by atoms with Crippen LogP contribution >= 0.6 is 0 Å². The van der Waals surface area contributed by atoms with Crippen molar-refractivity contribution in [1.29, 1.82) is 0 Å². The zero-order valence-electron chi connectivity index (χ0n) is 16.4. The summed E-state index contributed by atoms with van der Waals surface area (Å²) in [6.45, 7) is 23.3. The van der Waals surface area contributed by atoms with Gasteiger partial charge in [-0.15, -0.1) is 0 Å². The van der Waals surface area contributed by atoms with Gasteiger partial charge in [0.25, 0.3) is 0 Å². The lowest BCUT2D eigenvalue weighted by atomic mass is 9.80. The molecular formula is C22H37N. The number of rotatable bonds is 9. The summed E-state index contributed by atoms with van der Waals surface area (Å²) in [4.78, 5) is 0. The van der Waals surface area contributed by atoms with Crippen molar-refractivity contribution in [2.24, 2.45) is 17.6 Å². The molecule has 0 aromatic heterocycles. The van der Waals surface area contributed by atoms with Crippen LogP contribution in [0.25, 0.3) is 0 Å². The maximum absolute atomic E-state index is 6.58. The van der Waals surface area contributed by atoms with Gasteiger partial charge < -0.3 is 5.73 Å². The number of allylic oxidation sites excluding steroid dienone is 7. The molecule has 0 aliphatic heterocycles. The molecule has 0 bridgehead atoms. The van der Waals surface area contributed by atoms with Gasteiger partial charge in [-0.25, -0.2) is 0 Å². The summed E-state index contributed by atoms with van der Waals surface area (Å²) < 4.78 is 0. The Bertz CT molecular complexity index is 496. The highest BCUT2D eigenvalue weighted by molar-refractivity contribution is 5.55. The van der Waals surface area contributed by atoms with Crippen molar-refractivity contribution in [3.63, 3.8) is 0 Å². The molecule has 0 saturated carbocycles. The van der Waals surface area contributed by atoms with Crippen molar-refractivity contribution in [3.05, 3.63) is 59.3 Å². The van der Waals surface area contributed by atoms with Crippen LogP contribution in [0.15, 0.2) is 59.3 Å². The molecule has 0 fully saturated rings. The molecule has 0 aromatic rings. The first-order valence-corrected chi connectivity index (χ1v) is 8.79. The van der Waals surface area contributed by atoms with Gasteiger partial charge in [0, 0.05) is 6.04 Å². The first-order chi connectivity index (χ1) is 10.7. The van der Waals surface area contributed by atoms with Gasteiger partial charge in [-0.05, 0) is 69.1 Å². The molecule has 0 heterocycles. The van der Waals surface area contributed by atoms with Gasteiger partial charge in [0.1, 0.15) is 0 Å². The van der Waals surface area contributed by atoms with Crippen molar-refractivity contribution in [2.45, 2.75) is 67.3 Å². The lowest BCUT2D eigenvalue weighted by Gasteiger charge is -2.28. The van der Waals surface area contributed by atoms with Crippen LogP contribution in [0, 0.1) is 11.8 Å². The monoisotopic (exact) mass is 315 g/mol. The molecule has 0 rings (SSSR count). The Hall–Kier alpha value is -1.34. The second-order valence-corrected chi connectivity index (χ2v) is 7.09. The molecule has 0 aromatic carbocycles. The zero-order chi connectivity index (χ0) is 18.2. The Kier molecular flexibility index (Phi) is 9.83. The quantitative estimate of drug-likeness (QED) is 0.492. The van der Waals surface area contributed by atoms with Crippen LogP contribution in [-0.4, -0.2) is 6.04 Å². The molecular weight excluding hydrogens is 278 g/mol. The fourth-order valence-electron chi connectivity index (χ4n) is 3.17. The van der Waals surface area contributed by atoms with E-state index in [-0.39, 0.29) is 6.04 Å². The van der Waals surface area contributed by atoms with Crippen molar-refractivity contribution in [3.8, 4) is 0 Å². The summed E-state index contributed by atoms with van der Waals surface area (Å²) in [5, 5.41) is 0. The lowest BCUT2D eigenvalue weighted by molar-refractivity contribution is 0.395. The predicted octanol–water partition coefficient (Wildman–Crippen LogP) is 6.36. The van der Waals surface area contributed by atoms with Gasteiger partial charge in [0.05, 0.1) is 0 Å². The highest BCUT2D eigenvalue weighted by atomic mass is 14.7. The summed E-state index contributed by atoms with van der Waals surface area (Å²) in [6.07, 6.45) is 8.42. The Labute approximate surface area is 144 Å². The Morgan fingerprint density at radius 1 is 1.17 bits per heavy atom. The van der Waals surface area contributed by atoms with Gasteiger partial charge in [0.15, 0.2) is 0 Å². The molecule has 2 unspecified atom stereocenters. The minimum atomic E-state index is 0.156. The minimum absolute atomic E-state index is 0.156. The van der Waals surface area contributed by atoms with Crippen molar-refractivity contribution in [1.82, 2.24) is 0 Å². The van der Waals surface area contributed by atoms with E-state index < -0.39 is 0 Å². The Morgan fingerprint density at radius 3 is 2.04 bits per heavy atom. The summed E-state index contributed by atoms with van der Waals surface area (Å²) in [5.41, 5.74) is 12.6. The largest absolute Gasteiger partial charge is 0.327 e. The maximum atomic E-state index is 6.58. The first kappa shape index (κ1) is 21.7. The molecule has 130 valence electrons. The lowest BCUT2D eigenvalue weighted by Crippen LogP contribution is -2.32. The summed E-state index contributed by atoms with van der Waals surface area (Å²) in [6, 6.07) is 0.156. The molecule has 0 aliphatic rings. The molecule has 1 nitrogen and oxygen atoms in total. The number of hydrogen-bond donors (Lipinski definition) is 1. The average molecular weight is 316 g/mol. The third-order valence-electron chi connectivity index (χ3n) is 4.10. The van der Waals surface area contributed by atoms with Crippen LogP contribution in [0.2, 0.25) is 0 Å². The molecule has 0 radical (unpaired) electrons. The molecule has 1 heteroatoms. The van der Waals surface area contributed by atoms with E-state index in [9.17, 15) is 0 Å². The molecule has 2 atom stereocenters. The van der Waals surface area contributed by atoms with E-state index in [2.05, 4.69) is 66.9 Å². The highest BCUT2D eigenvalue weighted by Crippen LogP contribution is 2.32. The number of hydrogen-bond acceptors (Lipinski definition) is 1. The smallest absolute Gasteiger partial charge is 0.0110 e. The van der Waals surface area contributed by atoms with E-state index in [1.807, 2.05) is 13.0 Å². The molecule has 0 spiro atoms. The summed E-state index contributed by atoms with van der Waals surface area (Å²) in [5.74, 6) is 0.927. The Morgan fingerprint density at radius 2 is 1.74 bits per heavy atom. The SMILES string of the molecule is C=CC(/C(=C\C)C(=C)C)=C(\C=C(C)C)C(CC)C(N)CC(C)C. The van der Waals surface area contributed by atoms with Crippen molar-refractivity contribution >= 4 is 0 Å². The summed E-state index contributed by atoms with van der Waals surface area (Å²) in [7, 11) is 0. The van der Waals surface area contributed by atoms with Gasteiger partial charge in [-0.3, -0.25) is 0 Å². The van der Waals surface area contributed by atoms with Crippen LogP contribution in [0.5, 0.6) is 0 Å². The highest BCUT2D eigenvalue weighted by Gasteiger charge is 2.23. The van der Waals surface area contributed by atoms with Gasteiger partial charge in [-0.2, -0.15) is 0 Å². The van der Waals surface area contributed by atoms with Gasteiger partial charge >= 0.3 is 0 Å². The van der Waals surface area contributed by atoms with E-state index in [1.165, 1.54) is 22.3 Å². The van der Waals surface area contributed by atoms with E-state index in [0.717, 1.165) is 18.4 Å². The van der Waals surface area contributed by atoms with Crippen molar-refractivity contribution < 1.29 is 0 Å². The Balaban J connectivity index is 6.27. The second kappa shape index (κ2) is 10.4. The fraction of sp³-hybridized carbons (Fsp3) is 0.545. The molecule has 2 N–H and O–H groups in total. The zero-order valence-corrected chi connectivity index (χ0v) is 16.4. The third-order valence-corrected chi connectivity index (χ3v) is 4.10. The molecule has 23 heavy (non-hydrogen) atoms. The minimum Gasteiger partial charge on any atom is -0.327 e. The predicted molar refractivity (Wildman–Crippen MR) is 106 cm³/mol. The standard InChI is InChI=1S/C22H37N/c1-10-18(17(8)9)19(11-2)21(13-15(4)5)20(12-3)22(23)14-16(6)7/h10-11,13,16,20,22H,2,8,12,14,23H2,1,3-7,9H3/b18-10-,21-19-. The van der Waals surface area contributed by atoms with Crippen LogP contribution in [-0.2, 0) is 0 Å². The molecule has 0 aliphatic carbocycles. The third kappa shape index (κ3) is 6.74. The van der Waals surface area contributed by atoms with E-state index in [4.69, 9.17) is 5.73 Å². The van der Waals surface area contributed by atoms with Crippen LogP contribution < -0.4 is 5.73 Å². The van der Waals surface area contributed by atoms with Crippen LogP contribution in [0.3, 0.4) is 0 Å². The van der Waals surface area contributed by atoms with E-state index >= 15 is 0 Å². The van der Waals surface area contributed by atoms with E-state index in [1.54, 1.807) is 0 Å². The maximum Gasteiger partial charge on any atom is 0.0110 e. The topological polar surface area (TPSA) is 26.0 Å². The van der Waals surface area contributed by atoms with Crippen molar-refractivity contribution in [2.75, 3.05) is 0 Å². The molecule has 0 saturated heterocycles. The fourth-order valence-corrected chi connectivity index (χ4v) is 3.17. The normalized spacial score (nSPS) is 15.8. The summed E-state index contributed by atoms with van der Waals surface area (Å²) >= 11 is 0. The van der Waals surface area contributed by atoms with E-state index in [0.29, 0.717) is 11.8 Å².